The fourth-order valence-electron chi connectivity index (χ4n) is 2.91. The number of nitrogen functional groups attached to an aromatic ring is 1. The molecule has 130 valence electrons. The van der Waals surface area contributed by atoms with Crippen LogP contribution >= 0.6 is 0 Å². The van der Waals surface area contributed by atoms with Crippen molar-refractivity contribution in [3.8, 4) is 0 Å². The number of hydrogen-bond acceptors (Lipinski definition) is 8. The van der Waals surface area contributed by atoms with Crippen LogP contribution in [0.3, 0.4) is 0 Å². The third kappa shape index (κ3) is 3.62. The van der Waals surface area contributed by atoms with Gasteiger partial charge in [-0.05, 0) is 19.9 Å². The second-order valence-corrected chi connectivity index (χ2v) is 5.85. The fourth-order valence-corrected chi connectivity index (χ4v) is 2.91. The Bertz CT molecular complexity index is 686. The Kier molecular flexibility index (Phi) is 5.21. The van der Waals surface area contributed by atoms with Crippen molar-refractivity contribution in [1.82, 2.24) is 30.0 Å². The van der Waals surface area contributed by atoms with Crippen LogP contribution in [0.15, 0.2) is 6.33 Å². The van der Waals surface area contributed by atoms with Crippen molar-refractivity contribution in [1.29, 1.82) is 0 Å². The minimum Gasteiger partial charge on any atom is -0.383 e. The van der Waals surface area contributed by atoms with Crippen LogP contribution in [0.5, 0.6) is 0 Å². The summed E-state index contributed by atoms with van der Waals surface area (Å²) in [5.41, 5.74) is 8.04. The summed E-state index contributed by atoms with van der Waals surface area (Å²) in [6.07, 6.45) is 3.45. The molecule has 2 aromatic rings. The SMILES string of the molecule is COCCn1cnnc1[C@@H](C)Nc1nc(N)nc2c1CCNCC2. The average molecular weight is 332 g/mol. The molecular weight excluding hydrogens is 308 g/mol. The Morgan fingerprint density at radius 1 is 1.38 bits per heavy atom. The number of methoxy groups -OCH3 is 1. The molecule has 3 heterocycles. The molecule has 0 saturated carbocycles. The van der Waals surface area contributed by atoms with Crippen molar-refractivity contribution in [2.75, 3.05) is 37.9 Å². The van der Waals surface area contributed by atoms with Gasteiger partial charge in [-0.2, -0.15) is 4.98 Å². The first-order valence-corrected chi connectivity index (χ1v) is 8.18. The van der Waals surface area contributed by atoms with Crippen molar-refractivity contribution in [3.05, 3.63) is 23.4 Å². The number of nitrogens with two attached hydrogens (primary N) is 1. The Morgan fingerprint density at radius 3 is 3.04 bits per heavy atom. The molecule has 0 amide bonds. The largest absolute Gasteiger partial charge is 0.383 e. The highest BCUT2D eigenvalue weighted by molar-refractivity contribution is 5.51. The van der Waals surface area contributed by atoms with E-state index in [1.165, 1.54) is 0 Å². The van der Waals surface area contributed by atoms with E-state index < -0.39 is 0 Å². The van der Waals surface area contributed by atoms with Gasteiger partial charge in [0.25, 0.3) is 0 Å². The van der Waals surface area contributed by atoms with Crippen LogP contribution in [0, 0.1) is 0 Å². The summed E-state index contributed by atoms with van der Waals surface area (Å²) in [5.74, 6) is 1.92. The summed E-state index contributed by atoms with van der Waals surface area (Å²) in [7, 11) is 1.68. The Hall–Kier alpha value is -2.26. The topological polar surface area (TPSA) is 116 Å². The average Bonchev–Trinajstić information content (AvgIpc) is 2.90. The molecule has 2 aromatic heterocycles. The smallest absolute Gasteiger partial charge is 0.222 e. The fraction of sp³-hybridized carbons (Fsp3) is 0.600. The molecule has 0 aromatic carbocycles. The molecule has 0 bridgehead atoms. The summed E-state index contributed by atoms with van der Waals surface area (Å²) in [6.45, 7) is 5.17. The van der Waals surface area contributed by atoms with E-state index in [2.05, 4.69) is 30.8 Å². The highest BCUT2D eigenvalue weighted by Crippen LogP contribution is 2.24. The number of aromatic nitrogens is 5. The second kappa shape index (κ2) is 7.54. The molecule has 0 fully saturated rings. The number of nitrogens with zero attached hydrogens (tertiary/aromatic N) is 5. The van der Waals surface area contributed by atoms with Crippen LogP contribution in [0.1, 0.15) is 30.0 Å². The monoisotopic (exact) mass is 332 g/mol. The molecule has 0 unspecified atom stereocenters. The number of ether oxygens (including phenoxy) is 1. The van der Waals surface area contributed by atoms with Gasteiger partial charge in [0.15, 0.2) is 5.82 Å². The van der Waals surface area contributed by atoms with Crippen LogP contribution in [0.2, 0.25) is 0 Å². The van der Waals surface area contributed by atoms with Crippen molar-refractivity contribution < 1.29 is 4.74 Å². The lowest BCUT2D eigenvalue weighted by atomic mass is 10.1. The van der Waals surface area contributed by atoms with Gasteiger partial charge in [-0.1, -0.05) is 0 Å². The number of rotatable bonds is 6. The van der Waals surface area contributed by atoms with Gasteiger partial charge in [-0.3, -0.25) is 0 Å². The molecule has 0 saturated heterocycles. The zero-order chi connectivity index (χ0) is 16.9. The highest BCUT2D eigenvalue weighted by Gasteiger charge is 2.19. The number of hydrogen-bond donors (Lipinski definition) is 3. The maximum Gasteiger partial charge on any atom is 0.222 e. The van der Waals surface area contributed by atoms with Gasteiger partial charge in [0.1, 0.15) is 12.1 Å². The number of fused-ring (bicyclic) bond motifs is 1. The molecule has 24 heavy (non-hydrogen) atoms. The van der Waals surface area contributed by atoms with E-state index in [1.807, 2.05) is 11.5 Å². The predicted molar refractivity (Wildman–Crippen MR) is 90.7 cm³/mol. The Labute approximate surface area is 141 Å². The van der Waals surface area contributed by atoms with Crippen LogP contribution < -0.4 is 16.4 Å². The first kappa shape index (κ1) is 16.6. The lowest BCUT2D eigenvalue weighted by molar-refractivity contribution is 0.186. The zero-order valence-corrected chi connectivity index (χ0v) is 14.1. The van der Waals surface area contributed by atoms with Crippen molar-refractivity contribution in [2.24, 2.45) is 0 Å². The van der Waals surface area contributed by atoms with Gasteiger partial charge in [-0.15, -0.1) is 10.2 Å². The van der Waals surface area contributed by atoms with Crippen molar-refractivity contribution >= 4 is 11.8 Å². The van der Waals surface area contributed by atoms with Gasteiger partial charge >= 0.3 is 0 Å². The summed E-state index contributed by atoms with van der Waals surface area (Å²) >= 11 is 0. The lowest BCUT2D eigenvalue weighted by Crippen LogP contribution is -2.18. The van der Waals surface area contributed by atoms with Gasteiger partial charge in [0.2, 0.25) is 5.95 Å². The molecular formula is C15H24N8O. The minimum atomic E-state index is -0.0565. The summed E-state index contributed by atoms with van der Waals surface area (Å²) in [4.78, 5) is 8.81. The molecule has 1 aliphatic heterocycles. The van der Waals surface area contributed by atoms with E-state index in [0.717, 1.165) is 48.8 Å². The number of anilines is 2. The maximum atomic E-state index is 5.89. The molecule has 0 aliphatic carbocycles. The minimum absolute atomic E-state index is 0.0565. The predicted octanol–water partition coefficient (Wildman–Crippen LogP) is 0.158. The first-order valence-electron chi connectivity index (χ1n) is 8.18. The molecule has 9 nitrogen and oxygen atoms in total. The van der Waals surface area contributed by atoms with E-state index >= 15 is 0 Å². The van der Waals surface area contributed by atoms with E-state index in [0.29, 0.717) is 19.1 Å². The third-order valence-corrected chi connectivity index (χ3v) is 4.12. The van der Waals surface area contributed by atoms with E-state index in [1.54, 1.807) is 13.4 Å². The first-order chi connectivity index (χ1) is 11.7. The molecule has 3 rings (SSSR count). The Balaban J connectivity index is 1.83. The van der Waals surface area contributed by atoms with Crippen LogP contribution in [0.25, 0.3) is 0 Å². The van der Waals surface area contributed by atoms with E-state index in [9.17, 15) is 0 Å². The molecule has 0 spiro atoms. The molecule has 9 heteroatoms. The summed E-state index contributed by atoms with van der Waals surface area (Å²) < 4.78 is 7.11. The lowest BCUT2D eigenvalue weighted by Gasteiger charge is -2.18. The van der Waals surface area contributed by atoms with Crippen LogP contribution in [0.4, 0.5) is 11.8 Å². The maximum absolute atomic E-state index is 5.89. The zero-order valence-electron chi connectivity index (χ0n) is 14.1. The normalized spacial score (nSPS) is 15.6. The van der Waals surface area contributed by atoms with Gasteiger partial charge in [0, 0.05) is 32.2 Å². The quantitative estimate of drug-likeness (QED) is 0.685. The van der Waals surface area contributed by atoms with Gasteiger partial charge in [0.05, 0.1) is 18.3 Å². The Morgan fingerprint density at radius 2 is 2.21 bits per heavy atom. The second-order valence-electron chi connectivity index (χ2n) is 5.85. The third-order valence-electron chi connectivity index (χ3n) is 4.12. The summed E-state index contributed by atoms with van der Waals surface area (Å²) in [5, 5.41) is 15.0. The molecule has 1 aliphatic rings. The van der Waals surface area contributed by atoms with Gasteiger partial charge in [-0.25, -0.2) is 4.98 Å². The van der Waals surface area contributed by atoms with E-state index in [4.69, 9.17) is 10.5 Å². The molecule has 4 N–H and O–H groups in total. The molecule has 0 radical (unpaired) electrons. The highest BCUT2D eigenvalue weighted by atomic mass is 16.5. The van der Waals surface area contributed by atoms with Crippen LogP contribution in [-0.4, -0.2) is 51.5 Å². The van der Waals surface area contributed by atoms with Crippen molar-refractivity contribution in [2.45, 2.75) is 32.4 Å². The molecule has 1 atom stereocenters. The van der Waals surface area contributed by atoms with E-state index in [-0.39, 0.29) is 6.04 Å². The number of nitrogens with one attached hydrogen (secondary N) is 2. The summed E-state index contributed by atoms with van der Waals surface area (Å²) in [6, 6.07) is -0.0565. The van der Waals surface area contributed by atoms with Gasteiger partial charge < -0.3 is 25.7 Å². The van der Waals surface area contributed by atoms with Crippen LogP contribution in [-0.2, 0) is 24.1 Å². The standard InChI is InChI=1S/C15H24N8O/c1-10(14-22-18-9-23(14)7-8-24-2)19-13-11-3-5-17-6-4-12(11)20-15(16)21-13/h9-10,17H,3-8H2,1-2H3,(H3,16,19,20,21)/t10-/m1/s1. The van der Waals surface area contributed by atoms with Crippen molar-refractivity contribution in [3.63, 3.8) is 0 Å².